The van der Waals surface area contributed by atoms with Gasteiger partial charge >= 0.3 is 0 Å². The van der Waals surface area contributed by atoms with E-state index in [2.05, 4.69) is 35.3 Å². The van der Waals surface area contributed by atoms with Gasteiger partial charge in [0.2, 0.25) is 5.91 Å². The summed E-state index contributed by atoms with van der Waals surface area (Å²) in [4.78, 5) is 15.1. The number of carbonyl (C=O) groups is 1. The van der Waals surface area contributed by atoms with E-state index in [0.29, 0.717) is 13.0 Å². The summed E-state index contributed by atoms with van der Waals surface area (Å²) in [5.41, 5.74) is 9.47. The lowest BCUT2D eigenvalue weighted by Crippen LogP contribution is -2.36. The summed E-state index contributed by atoms with van der Waals surface area (Å²) in [7, 11) is 0. The molecule has 144 valence electrons. The molecule has 1 aliphatic carbocycles. The average molecular weight is 376 g/mol. The second kappa shape index (κ2) is 9.25. The van der Waals surface area contributed by atoms with E-state index in [0.717, 1.165) is 30.6 Å². The number of benzene rings is 1. The van der Waals surface area contributed by atoms with E-state index in [1.807, 2.05) is 11.8 Å². The topological polar surface area (TPSA) is 58.4 Å². The van der Waals surface area contributed by atoms with Crippen molar-refractivity contribution in [1.82, 2.24) is 4.90 Å². The first-order valence-electron chi connectivity index (χ1n) is 10.00. The van der Waals surface area contributed by atoms with Gasteiger partial charge in [-0.3, -0.25) is 9.69 Å². The van der Waals surface area contributed by atoms with Crippen molar-refractivity contribution in [2.24, 2.45) is 11.1 Å². The molecule has 0 atom stereocenters. The molecule has 4 nitrogen and oxygen atoms in total. The molecule has 1 saturated heterocycles. The lowest BCUT2D eigenvalue weighted by molar-refractivity contribution is -0.118. The highest BCUT2D eigenvalue weighted by atomic mass is 32.2. The summed E-state index contributed by atoms with van der Waals surface area (Å²) < 4.78 is 0. The van der Waals surface area contributed by atoms with Gasteiger partial charge in [-0.1, -0.05) is 31.4 Å². The first-order chi connectivity index (χ1) is 12.6. The van der Waals surface area contributed by atoms with E-state index >= 15 is 0 Å². The van der Waals surface area contributed by atoms with Crippen molar-refractivity contribution in [1.29, 1.82) is 0 Å². The Kier molecular flexibility index (Phi) is 7.01. The fourth-order valence-corrected chi connectivity index (χ4v) is 5.25. The fourth-order valence-electron chi connectivity index (χ4n) is 4.27. The molecule has 5 heteroatoms. The second-order valence-corrected chi connectivity index (χ2v) is 9.25. The van der Waals surface area contributed by atoms with Crippen molar-refractivity contribution in [3.63, 3.8) is 0 Å². The van der Waals surface area contributed by atoms with Gasteiger partial charge in [-0.05, 0) is 48.9 Å². The van der Waals surface area contributed by atoms with Gasteiger partial charge in [0.1, 0.15) is 0 Å². The van der Waals surface area contributed by atoms with E-state index in [-0.39, 0.29) is 11.3 Å². The lowest BCUT2D eigenvalue weighted by atomic mass is 9.71. The number of aryl methyl sites for hydroxylation is 1. The van der Waals surface area contributed by atoms with Crippen LogP contribution in [0.5, 0.6) is 0 Å². The van der Waals surface area contributed by atoms with Crippen LogP contribution >= 0.6 is 11.8 Å². The number of hydrogen-bond donors (Lipinski definition) is 2. The van der Waals surface area contributed by atoms with Crippen molar-refractivity contribution in [3.05, 3.63) is 29.3 Å². The van der Waals surface area contributed by atoms with Crippen LogP contribution in [0.2, 0.25) is 0 Å². The Morgan fingerprint density at radius 1 is 1.23 bits per heavy atom. The molecule has 1 aliphatic heterocycles. The SMILES string of the molecule is Cc1cc(CN2CCSCC2)ccc1NC(=O)CC1(CN)CCCCC1. The summed E-state index contributed by atoms with van der Waals surface area (Å²) >= 11 is 2.04. The van der Waals surface area contributed by atoms with Crippen LogP contribution in [0.3, 0.4) is 0 Å². The van der Waals surface area contributed by atoms with E-state index in [1.54, 1.807) is 0 Å². The molecule has 2 aliphatic rings. The Hall–Kier alpha value is -1.04. The minimum atomic E-state index is 0.0163. The zero-order valence-electron chi connectivity index (χ0n) is 16.1. The van der Waals surface area contributed by atoms with Crippen molar-refractivity contribution in [2.75, 3.05) is 36.5 Å². The molecule has 0 bridgehead atoms. The van der Waals surface area contributed by atoms with E-state index < -0.39 is 0 Å². The van der Waals surface area contributed by atoms with Gasteiger partial charge in [0.25, 0.3) is 0 Å². The number of nitrogens with one attached hydrogen (secondary N) is 1. The molecule has 3 rings (SSSR count). The van der Waals surface area contributed by atoms with E-state index in [9.17, 15) is 4.79 Å². The third-order valence-electron chi connectivity index (χ3n) is 5.96. The Morgan fingerprint density at radius 2 is 1.96 bits per heavy atom. The number of nitrogens with two attached hydrogens (primary N) is 1. The van der Waals surface area contributed by atoms with Crippen LogP contribution in [0.1, 0.15) is 49.7 Å². The zero-order chi connectivity index (χ0) is 18.4. The Morgan fingerprint density at radius 3 is 2.62 bits per heavy atom. The smallest absolute Gasteiger partial charge is 0.224 e. The third kappa shape index (κ3) is 5.24. The van der Waals surface area contributed by atoms with E-state index in [1.165, 1.54) is 49.4 Å². The van der Waals surface area contributed by atoms with Gasteiger partial charge in [0.05, 0.1) is 0 Å². The molecular weight excluding hydrogens is 342 g/mol. The van der Waals surface area contributed by atoms with Gasteiger partial charge in [-0.15, -0.1) is 0 Å². The average Bonchev–Trinajstić information content (AvgIpc) is 2.65. The standard InChI is InChI=1S/C21H33N3OS/c1-17-13-18(15-24-9-11-26-12-10-24)5-6-19(17)23-20(25)14-21(16-22)7-3-2-4-8-21/h5-6,13H,2-4,7-12,14-16,22H2,1H3,(H,23,25). The van der Waals surface area contributed by atoms with Crippen LogP contribution in [0.4, 0.5) is 5.69 Å². The predicted molar refractivity (Wildman–Crippen MR) is 112 cm³/mol. The number of hydrogen-bond acceptors (Lipinski definition) is 4. The maximum Gasteiger partial charge on any atom is 0.224 e. The van der Waals surface area contributed by atoms with Gasteiger partial charge in [0, 0.05) is 43.2 Å². The Labute approximate surface area is 162 Å². The molecule has 26 heavy (non-hydrogen) atoms. The summed E-state index contributed by atoms with van der Waals surface area (Å²) in [5.74, 6) is 2.58. The Balaban J connectivity index is 1.57. The minimum Gasteiger partial charge on any atom is -0.330 e. The minimum absolute atomic E-state index is 0.0163. The summed E-state index contributed by atoms with van der Waals surface area (Å²) in [5, 5.41) is 3.14. The Bertz CT molecular complexity index is 607. The van der Waals surface area contributed by atoms with Gasteiger partial charge in [0.15, 0.2) is 0 Å². The molecule has 0 spiro atoms. The highest BCUT2D eigenvalue weighted by Crippen LogP contribution is 2.38. The van der Waals surface area contributed by atoms with Crippen molar-refractivity contribution in [2.45, 2.75) is 52.0 Å². The molecule has 1 amide bonds. The van der Waals surface area contributed by atoms with Crippen molar-refractivity contribution < 1.29 is 4.79 Å². The van der Waals surface area contributed by atoms with Crippen molar-refractivity contribution in [3.8, 4) is 0 Å². The highest BCUT2D eigenvalue weighted by molar-refractivity contribution is 7.99. The number of rotatable bonds is 6. The molecule has 1 aromatic rings. The number of amides is 1. The van der Waals surface area contributed by atoms with Crippen molar-refractivity contribution >= 4 is 23.4 Å². The zero-order valence-corrected chi connectivity index (χ0v) is 16.9. The summed E-state index contributed by atoms with van der Waals surface area (Å²) in [6, 6.07) is 6.44. The van der Waals surface area contributed by atoms with Gasteiger partial charge in [-0.2, -0.15) is 11.8 Å². The maximum atomic E-state index is 12.6. The molecule has 0 aromatic heterocycles. The summed E-state index contributed by atoms with van der Waals surface area (Å²) in [6.07, 6.45) is 6.40. The van der Waals surface area contributed by atoms with Gasteiger partial charge in [-0.25, -0.2) is 0 Å². The largest absolute Gasteiger partial charge is 0.330 e. The normalized spacial score (nSPS) is 20.7. The summed E-state index contributed by atoms with van der Waals surface area (Å²) in [6.45, 7) is 6.05. The number of anilines is 1. The van der Waals surface area contributed by atoms with Crippen LogP contribution in [0.15, 0.2) is 18.2 Å². The maximum absolute atomic E-state index is 12.6. The van der Waals surface area contributed by atoms with Crippen LogP contribution in [0.25, 0.3) is 0 Å². The molecule has 0 unspecified atom stereocenters. The van der Waals surface area contributed by atoms with Crippen LogP contribution < -0.4 is 11.1 Å². The van der Waals surface area contributed by atoms with Crippen LogP contribution in [0, 0.1) is 12.3 Å². The quantitative estimate of drug-likeness (QED) is 0.794. The van der Waals surface area contributed by atoms with Gasteiger partial charge < -0.3 is 11.1 Å². The number of nitrogens with zero attached hydrogens (tertiary/aromatic N) is 1. The van der Waals surface area contributed by atoms with Crippen LogP contribution in [-0.4, -0.2) is 41.9 Å². The molecule has 2 fully saturated rings. The molecule has 1 heterocycles. The lowest BCUT2D eigenvalue weighted by Gasteiger charge is -2.35. The molecular formula is C21H33N3OS. The van der Waals surface area contributed by atoms with E-state index in [4.69, 9.17) is 5.73 Å². The fraction of sp³-hybridized carbons (Fsp3) is 0.667. The van der Waals surface area contributed by atoms with Crippen LogP contribution in [-0.2, 0) is 11.3 Å². The molecule has 1 aromatic carbocycles. The third-order valence-corrected chi connectivity index (χ3v) is 6.90. The molecule has 3 N–H and O–H groups in total. The second-order valence-electron chi connectivity index (χ2n) is 8.03. The first-order valence-corrected chi connectivity index (χ1v) is 11.2. The molecule has 1 saturated carbocycles. The monoisotopic (exact) mass is 375 g/mol. The number of carbonyl (C=O) groups excluding carboxylic acids is 1. The molecule has 0 radical (unpaired) electrons. The first kappa shape index (κ1) is 19.7. The predicted octanol–water partition coefficient (Wildman–Crippen LogP) is 3.78. The number of thioether (sulfide) groups is 1. The highest BCUT2D eigenvalue weighted by Gasteiger charge is 2.33.